The quantitative estimate of drug-likeness (QED) is 0.540. The molecule has 0 unspecified atom stereocenters. The number of aromatic nitrogens is 2. The lowest BCUT2D eigenvalue weighted by Crippen LogP contribution is -2.14. The van der Waals surface area contributed by atoms with Crippen molar-refractivity contribution in [3.8, 4) is 11.4 Å². The Morgan fingerprint density at radius 3 is 2.27 bits per heavy atom. The van der Waals surface area contributed by atoms with Gasteiger partial charge in [-0.2, -0.15) is 0 Å². The van der Waals surface area contributed by atoms with E-state index in [0.717, 1.165) is 9.54 Å². The van der Waals surface area contributed by atoms with Crippen molar-refractivity contribution in [3.05, 3.63) is 84.2 Å². The summed E-state index contributed by atoms with van der Waals surface area (Å²) in [5.74, 6) is -0.371. The molecule has 4 rings (SSSR count). The van der Waals surface area contributed by atoms with Gasteiger partial charge in [0, 0.05) is 5.56 Å². The van der Waals surface area contributed by atoms with Crippen molar-refractivity contribution in [2.45, 2.75) is 11.8 Å². The van der Waals surface area contributed by atoms with E-state index in [1.54, 1.807) is 54.6 Å². The number of hydrogen-bond donors (Lipinski definition) is 0. The van der Waals surface area contributed by atoms with Crippen LogP contribution in [-0.4, -0.2) is 17.4 Å². The van der Waals surface area contributed by atoms with Crippen molar-refractivity contribution in [2.75, 3.05) is 0 Å². The number of para-hydroxylation sites is 1. The molecule has 4 aromatic rings. The number of nitrogens with zero attached hydrogens (tertiary/aromatic N) is 2. The molecular weight excluding hydrogens is 351 g/mol. The van der Waals surface area contributed by atoms with Gasteiger partial charge in [-0.25, -0.2) is 21.8 Å². The van der Waals surface area contributed by atoms with E-state index in [1.165, 1.54) is 12.1 Å². The van der Waals surface area contributed by atoms with E-state index in [2.05, 4.69) is 4.98 Å². The van der Waals surface area contributed by atoms with E-state index in [0.29, 0.717) is 5.56 Å². The zero-order chi connectivity index (χ0) is 18.3. The van der Waals surface area contributed by atoms with Gasteiger partial charge < -0.3 is 0 Å². The minimum Gasteiger partial charge on any atom is -0.224 e. The predicted octanol–water partition coefficient (Wildman–Crippen LogP) is 4.39. The van der Waals surface area contributed by atoms with Crippen LogP contribution in [0.5, 0.6) is 0 Å². The second-order valence-electron chi connectivity index (χ2n) is 5.99. The number of benzene rings is 3. The van der Waals surface area contributed by atoms with E-state index in [9.17, 15) is 12.8 Å². The molecule has 130 valence electrons. The number of rotatable bonds is 3. The van der Waals surface area contributed by atoms with Crippen LogP contribution in [0.1, 0.15) is 5.56 Å². The second kappa shape index (κ2) is 6.07. The van der Waals surface area contributed by atoms with Crippen molar-refractivity contribution in [3.63, 3.8) is 0 Å². The van der Waals surface area contributed by atoms with Gasteiger partial charge in [0.15, 0.2) is 11.6 Å². The van der Waals surface area contributed by atoms with E-state index in [-0.39, 0.29) is 21.8 Å². The molecule has 0 aliphatic carbocycles. The van der Waals surface area contributed by atoms with Gasteiger partial charge in [0.25, 0.3) is 10.0 Å². The Hall–Kier alpha value is -2.99. The SMILES string of the molecule is Cc1ccc(S(=O)(=O)n2c(-c3ccccc3)nc3c(F)cccc32)cc1. The van der Waals surface area contributed by atoms with Gasteiger partial charge in [-0.3, -0.25) is 0 Å². The number of halogens is 1. The highest BCUT2D eigenvalue weighted by atomic mass is 32.2. The fraction of sp³-hybridized carbons (Fsp3) is 0.0500. The van der Waals surface area contributed by atoms with Crippen molar-refractivity contribution in [1.29, 1.82) is 0 Å². The van der Waals surface area contributed by atoms with Crippen LogP contribution in [-0.2, 0) is 10.0 Å². The zero-order valence-electron chi connectivity index (χ0n) is 13.9. The maximum absolute atomic E-state index is 14.3. The Morgan fingerprint density at radius 2 is 1.58 bits per heavy atom. The van der Waals surface area contributed by atoms with Gasteiger partial charge in [-0.15, -0.1) is 0 Å². The van der Waals surface area contributed by atoms with E-state index < -0.39 is 15.8 Å². The normalized spacial score (nSPS) is 11.8. The number of aryl methyl sites for hydroxylation is 1. The van der Waals surface area contributed by atoms with Crippen molar-refractivity contribution < 1.29 is 12.8 Å². The van der Waals surface area contributed by atoms with Crippen LogP contribution >= 0.6 is 0 Å². The third kappa shape index (κ3) is 2.59. The minimum atomic E-state index is -3.95. The van der Waals surface area contributed by atoms with Crippen LogP contribution in [0.4, 0.5) is 4.39 Å². The molecule has 0 amide bonds. The van der Waals surface area contributed by atoms with Crippen LogP contribution in [0, 0.1) is 12.7 Å². The standard InChI is InChI=1S/C20H15FN2O2S/c1-14-10-12-16(13-11-14)26(24,25)23-18-9-5-8-17(21)19(18)22-20(23)15-6-3-2-4-7-15/h2-13H,1H3. The highest BCUT2D eigenvalue weighted by Gasteiger charge is 2.26. The Morgan fingerprint density at radius 1 is 0.885 bits per heavy atom. The van der Waals surface area contributed by atoms with E-state index in [1.807, 2.05) is 13.0 Å². The molecular formula is C20H15FN2O2S. The molecule has 0 atom stereocenters. The number of hydrogen-bond acceptors (Lipinski definition) is 3. The summed E-state index contributed by atoms with van der Waals surface area (Å²) in [4.78, 5) is 4.43. The van der Waals surface area contributed by atoms with Crippen molar-refractivity contribution in [2.24, 2.45) is 0 Å². The van der Waals surface area contributed by atoms with Crippen molar-refractivity contribution >= 4 is 21.1 Å². The lowest BCUT2D eigenvalue weighted by molar-refractivity contribution is 0.589. The summed E-state index contributed by atoms with van der Waals surface area (Å²) in [5, 5.41) is 0. The summed E-state index contributed by atoms with van der Waals surface area (Å²) in [6, 6.07) is 19.8. The average Bonchev–Trinajstić information content (AvgIpc) is 3.05. The third-order valence-electron chi connectivity index (χ3n) is 4.19. The van der Waals surface area contributed by atoms with Crippen molar-refractivity contribution in [1.82, 2.24) is 8.96 Å². The van der Waals surface area contributed by atoms with E-state index in [4.69, 9.17) is 0 Å². The van der Waals surface area contributed by atoms with Gasteiger partial charge in [-0.05, 0) is 31.2 Å². The van der Waals surface area contributed by atoms with Crippen LogP contribution in [0.15, 0.2) is 77.7 Å². The molecule has 1 heterocycles. The molecule has 0 saturated heterocycles. The largest absolute Gasteiger partial charge is 0.269 e. The number of fused-ring (bicyclic) bond motifs is 1. The van der Waals surface area contributed by atoms with Gasteiger partial charge in [0.05, 0.1) is 10.4 Å². The summed E-state index contributed by atoms with van der Waals surface area (Å²) in [5.41, 5.74) is 1.79. The maximum atomic E-state index is 14.3. The highest BCUT2D eigenvalue weighted by Crippen LogP contribution is 2.30. The van der Waals surface area contributed by atoms with Crippen LogP contribution in [0.25, 0.3) is 22.4 Å². The van der Waals surface area contributed by atoms with Gasteiger partial charge >= 0.3 is 0 Å². The average molecular weight is 366 g/mol. The molecule has 4 nitrogen and oxygen atoms in total. The maximum Gasteiger partial charge on any atom is 0.269 e. The Kier molecular flexibility index (Phi) is 3.85. The molecule has 6 heteroatoms. The summed E-state index contributed by atoms with van der Waals surface area (Å²) in [7, 11) is -3.95. The molecule has 3 aromatic carbocycles. The Balaban J connectivity index is 2.08. The molecule has 0 aliphatic rings. The van der Waals surface area contributed by atoms with Crippen LogP contribution < -0.4 is 0 Å². The third-order valence-corrected chi connectivity index (χ3v) is 5.90. The lowest BCUT2D eigenvalue weighted by atomic mass is 10.2. The van der Waals surface area contributed by atoms with Gasteiger partial charge in [0.1, 0.15) is 5.52 Å². The molecule has 0 radical (unpaired) electrons. The van der Waals surface area contributed by atoms with Crippen LogP contribution in [0.3, 0.4) is 0 Å². The van der Waals surface area contributed by atoms with E-state index >= 15 is 0 Å². The monoisotopic (exact) mass is 366 g/mol. The fourth-order valence-corrected chi connectivity index (χ4v) is 4.34. The molecule has 0 fully saturated rings. The predicted molar refractivity (Wildman–Crippen MR) is 98.9 cm³/mol. The first-order valence-electron chi connectivity index (χ1n) is 8.03. The molecule has 0 spiro atoms. The van der Waals surface area contributed by atoms with Gasteiger partial charge in [0.2, 0.25) is 0 Å². The highest BCUT2D eigenvalue weighted by molar-refractivity contribution is 7.90. The lowest BCUT2D eigenvalue weighted by Gasteiger charge is -2.11. The Bertz CT molecular complexity index is 1200. The fourth-order valence-electron chi connectivity index (χ4n) is 2.87. The smallest absolute Gasteiger partial charge is 0.224 e. The second-order valence-corrected chi connectivity index (χ2v) is 7.78. The molecule has 0 aliphatic heterocycles. The van der Waals surface area contributed by atoms with Gasteiger partial charge in [-0.1, -0.05) is 54.1 Å². The summed E-state index contributed by atoms with van der Waals surface area (Å²) in [6.07, 6.45) is 0. The Labute approximate surface area is 150 Å². The first kappa shape index (κ1) is 16.5. The summed E-state index contributed by atoms with van der Waals surface area (Å²) >= 11 is 0. The molecule has 1 aromatic heterocycles. The molecule has 0 bridgehead atoms. The molecule has 0 N–H and O–H groups in total. The summed E-state index contributed by atoms with van der Waals surface area (Å²) in [6.45, 7) is 1.88. The minimum absolute atomic E-state index is 0.0297. The number of imidazole rings is 1. The summed E-state index contributed by atoms with van der Waals surface area (Å²) < 4.78 is 42.0. The molecule has 26 heavy (non-hydrogen) atoms. The molecule has 0 saturated carbocycles. The topological polar surface area (TPSA) is 52.0 Å². The zero-order valence-corrected chi connectivity index (χ0v) is 14.7. The van der Waals surface area contributed by atoms with Crippen LogP contribution in [0.2, 0.25) is 0 Å². The first-order valence-corrected chi connectivity index (χ1v) is 9.47. The first-order chi connectivity index (χ1) is 12.5.